The van der Waals surface area contributed by atoms with Crippen LogP contribution in [0.2, 0.25) is 0 Å². The van der Waals surface area contributed by atoms with Crippen LogP contribution in [0.1, 0.15) is 36.8 Å². The Morgan fingerprint density at radius 1 is 1.09 bits per heavy atom. The third kappa shape index (κ3) is 5.25. The second-order valence-electron chi connectivity index (χ2n) is 6.21. The molecule has 2 N–H and O–H groups in total. The minimum atomic E-state index is -0.254. The molecule has 1 amide bonds. The van der Waals surface area contributed by atoms with Gasteiger partial charge in [-0.3, -0.25) is 4.79 Å². The maximum atomic E-state index is 12.1. The van der Waals surface area contributed by atoms with Gasteiger partial charge in [-0.1, -0.05) is 12.1 Å². The van der Waals surface area contributed by atoms with E-state index in [1.807, 2.05) is 45.0 Å². The van der Waals surface area contributed by atoms with Crippen molar-refractivity contribution in [2.45, 2.75) is 32.9 Å². The molecular formula is C17H22N4O2. The number of hydrogen-bond acceptors (Lipinski definition) is 5. The predicted molar refractivity (Wildman–Crippen MR) is 89.6 cm³/mol. The minimum Gasteiger partial charge on any atom is -0.497 e. The number of benzene rings is 1. The predicted octanol–water partition coefficient (Wildman–Crippen LogP) is 2.63. The van der Waals surface area contributed by atoms with Gasteiger partial charge in [0.25, 0.3) is 5.91 Å². The lowest BCUT2D eigenvalue weighted by Gasteiger charge is -2.20. The summed E-state index contributed by atoms with van der Waals surface area (Å²) < 4.78 is 5.10. The molecule has 6 heteroatoms. The van der Waals surface area contributed by atoms with E-state index in [0.717, 1.165) is 11.3 Å². The highest BCUT2D eigenvalue weighted by Crippen LogP contribution is 2.12. The molecule has 0 aliphatic heterocycles. The number of hydrogen-bond donors (Lipinski definition) is 2. The van der Waals surface area contributed by atoms with Crippen LogP contribution in [0.25, 0.3) is 0 Å². The number of carbonyl (C=O) groups excluding carboxylic acids is 1. The first-order valence-electron chi connectivity index (χ1n) is 7.40. The smallest absolute Gasteiger partial charge is 0.272 e. The van der Waals surface area contributed by atoms with E-state index in [2.05, 4.69) is 20.8 Å². The average molecular weight is 314 g/mol. The van der Waals surface area contributed by atoms with E-state index in [1.54, 1.807) is 19.2 Å². The van der Waals surface area contributed by atoms with Crippen molar-refractivity contribution in [2.75, 3.05) is 12.4 Å². The Balaban J connectivity index is 1.92. The van der Waals surface area contributed by atoms with E-state index >= 15 is 0 Å². The molecule has 0 radical (unpaired) electrons. The zero-order chi connectivity index (χ0) is 16.9. The molecule has 1 aromatic carbocycles. The highest BCUT2D eigenvalue weighted by Gasteiger charge is 2.12. The molecule has 6 nitrogen and oxygen atoms in total. The van der Waals surface area contributed by atoms with E-state index in [4.69, 9.17) is 4.74 Å². The van der Waals surface area contributed by atoms with Gasteiger partial charge in [-0.25, -0.2) is 0 Å². The summed E-state index contributed by atoms with van der Waals surface area (Å²) in [7, 11) is 1.62. The number of methoxy groups -OCH3 is 1. The molecular weight excluding hydrogens is 292 g/mol. The number of amides is 1. The van der Waals surface area contributed by atoms with E-state index in [1.165, 1.54) is 0 Å². The third-order valence-electron chi connectivity index (χ3n) is 3.01. The molecule has 0 aliphatic rings. The summed E-state index contributed by atoms with van der Waals surface area (Å²) in [4.78, 5) is 12.1. The quantitative estimate of drug-likeness (QED) is 0.887. The van der Waals surface area contributed by atoms with Gasteiger partial charge in [0.15, 0.2) is 5.69 Å². The summed E-state index contributed by atoms with van der Waals surface area (Å²) in [5, 5.41) is 14.0. The molecule has 2 rings (SSSR count). The Bertz CT molecular complexity index is 646. The van der Waals surface area contributed by atoms with Crippen molar-refractivity contribution in [3.63, 3.8) is 0 Å². The first-order chi connectivity index (χ1) is 10.9. The maximum absolute atomic E-state index is 12.1. The summed E-state index contributed by atoms with van der Waals surface area (Å²) in [6.45, 7) is 6.52. The van der Waals surface area contributed by atoms with Crippen molar-refractivity contribution in [1.29, 1.82) is 0 Å². The summed E-state index contributed by atoms with van der Waals surface area (Å²) in [5.74, 6) is 1.17. The van der Waals surface area contributed by atoms with Crippen LogP contribution >= 0.6 is 0 Å². The van der Waals surface area contributed by atoms with E-state index in [-0.39, 0.29) is 17.1 Å². The molecule has 2 aromatic rings. The van der Waals surface area contributed by atoms with E-state index in [9.17, 15) is 4.79 Å². The summed E-state index contributed by atoms with van der Waals surface area (Å²) in [6, 6.07) is 10.9. The first kappa shape index (κ1) is 16.7. The number of nitrogens with one attached hydrogen (secondary N) is 2. The maximum Gasteiger partial charge on any atom is 0.272 e. The fourth-order valence-electron chi connectivity index (χ4n) is 1.92. The molecule has 0 atom stereocenters. The lowest BCUT2D eigenvalue weighted by atomic mass is 10.1. The Morgan fingerprint density at radius 2 is 1.78 bits per heavy atom. The largest absolute Gasteiger partial charge is 0.497 e. The van der Waals surface area contributed by atoms with Gasteiger partial charge in [0.2, 0.25) is 0 Å². The van der Waals surface area contributed by atoms with Gasteiger partial charge in [-0.05, 0) is 50.6 Å². The topological polar surface area (TPSA) is 76.1 Å². The number of ether oxygens (including phenoxy) is 1. The Hall–Kier alpha value is -2.63. The summed E-state index contributed by atoms with van der Waals surface area (Å²) in [6.07, 6.45) is 0. The van der Waals surface area contributed by atoms with Crippen molar-refractivity contribution in [3.8, 4) is 5.75 Å². The molecule has 0 aliphatic carbocycles. The van der Waals surface area contributed by atoms with Crippen LogP contribution in [0.4, 0.5) is 5.82 Å². The van der Waals surface area contributed by atoms with Gasteiger partial charge in [0, 0.05) is 12.1 Å². The lowest BCUT2D eigenvalue weighted by molar-refractivity contribution is 0.0945. The lowest BCUT2D eigenvalue weighted by Crippen LogP contribution is -2.27. The van der Waals surface area contributed by atoms with Gasteiger partial charge in [-0.2, -0.15) is 0 Å². The zero-order valence-electron chi connectivity index (χ0n) is 13.9. The highest BCUT2D eigenvalue weighted by atomic mass is 16.5. The van der Waals surface area contributed by atoms with Crippen LogP contribution in [0, 0.1) is 0 Å². The zero-order valence-corrected chi connectivity index (χ0v) is 13.9. The fraction of sp³-hybridized carbons (Fsp3) is 0.353. The van der Waals surface area contributed by atoms with Crippen LogP contribution in [0.5, 0.6) is 5.75 Å². The molecule has 0 spiro atoms. The Morgan fingerprint density at radius 3 is 2.30 bits per heavy atom. The second-order valence-corrected chi connectivity index (χ2v) is 6.21. The second kappa shape index (κ2) is 7.09. The molecule has 0 saturated heterocycles. The molecule has 0 saturated carbocycles. The standard InChI is InChI=1S/C17H22N4O2/c1-17(2,3)19-15-10-9-14(20-21-15)16(22)18-11-12-5-7-13(23-4)8-6-12/h5-10H,11H2,1-4H3,(H,18,22)(H,19,21). The molecule has 1 aromatic heterocycles. The Kier molecular flexibility index (Phi) is 5.16. The van der Waals surface area contributed by atoms with Crippen molar-refractivity contribution in [1.82, 2.24) is 15.5 Å². The van der Waals surface area contributed by atoms with Crippen molar-refractivity contribution in [2.24, 2.45) is 0 Å². The van der Waals surface area contributed by atoms with Crippen molar-refractivity contribution < 1.29 is 9.53 Å². The normalized spacial score (nSPS) is 11.0. The number of anilines is 1. The molecule has 0 bridgehead atoms. The fourth-order valence-corrected chi connectivity index (χ4v) is 1.92. The number of aromatic nitrogens is 2. The monoisotopic (exact) mass is 314 g/mol. The van der Waals surface area contributed by atoms with Crippen LogP contribution in [-0.4, -0.2) is 28.8 Å². The SMILES string of the molecule is COc1ccc(CNC(=O)c2ccc(NC(C)(C)C)nn2)cc1. The Labute approximate surface area is 136 Å². The van der Waals surface area contributed by atoms with Crippen LogP contribution < -0.4 is 15.4 Å². The van der Waals surface area contributed by atoms with Crippen LogP contribution in [0.15, 0.2) is 36.4 Å². The van der Waals surface area contributed by atoms with Gasteiger partial charge >= 0.3 is 0 Å². The third-order valence-corrected chi connectivity index (χ3v) is 3.01. The highest BCUT2D eigenvalue weighted by molar-refractivity contribution is 5.92. The van der Waals surface area contributed by atoms with Crippen molar-refractivity contribution in [3.05, 3.63) is 47.7 Å². The number of nitrogens with zero attached hydrogens (tertiary/aromatic N) is 2. The van der Waals surface area contributed by atoms with E-state index in [0.29, 0.717) is 12.4 Å². The van der Waals surface area contributed by atoms with Gasteiger partial charge < -0.3 is 15.4 Å². The number of carbonyl (C=O) groups is 1. The summed E-state index contributed by atoms with van der Waals surface area (Å²) >= 11 is 0. The molecule has 122 valence electrons. The average Bonchev–Trinajstić information content (AvgIpc) is 2.52. The molecule has 23 heavy (non-hydrogen) atoms. The van der Waals surface area contributed by atoms with Crippen molar-refractivity contribution >= 4 is 11.7 Å². The van der Waals surface area contributed by atoms with E-state index < -0.39 is 0 Å². The minimum absolute atomic E-state index is 0.104. The van der Waals surface area contributed by atoms with Gasteiger partial charge in [-0.15, -0.1) is 10.2 Å². The van der Waals surface area contributed by atoms with Gasteiger partial charge in [0.05, 0.1) is 7.11 Å². The van der Waals surface area contributed by atoms with Crippen LogP contribution in [-0.2, 0) is 6.54 Å². The molecule has 0 unspecified atom stereocenters. The molecule has 0 fully saturated rings. The first-order valence-corrected chi connectivity index (χ1v) is 7.40. The van der Waals surface area contributed by atoms with Crippen LogP contribution in [0.3, 0.4) is 0 Å². The number of rotatable bonds is 5. The summed E-state index contributed by atoms with van der Waals surface area (Å²) in [5.41, 5.74) is 1.17. The molecule has 1 heterocycles. The van der Waals surface area contributed by atoms with Gasteiger partial charge in [0.1, 0.15) is 11.6 Å².